The first kappa shape index (κ1) is 18.3. The predicted molar refractivity (Wildman–Crippen MR) is 104 cm³/mol. The Morgan fingerprint density at radius 2 is 1.62 bits per heavy atom. The third-order valence-electron chi connectivity index (χ3n) is 4.60. The molecular weight excluding hydrogens is 326 g/mol. The van der Waals surface area contributed by atoms with Crippen LogP contribution in [0.2, 0.25) is 0 Å². The van der Waals surface area contributed by atoms with E-state index in [1.54, 1.807) is 6.92 Å². The highest BCUT2D eigenvalue weighted by Gasteiger charge is 2.17. The van der Waals surface area contributed by atoms with Crippen LogP contribution in [0.25, 0.3) is 0 Å². The monoisotopic (exact) mass is 353 g/mol. The van der Waals surface area contributed by atoms with Crippen molar-refractivity contribution in [1.29, 1.82) is 0 Å². The lowest BCUT2D eigenvalue weighted by molar-refractivity contribution is -0.122. The van der Waals surface area contributed by atoms with Gasteiger partial charge in [0.2, 0.25) is 0 Å². The van der Waals surface area contributed by atoms with E-state index in [2.05, 4.69) is 11.4 Å². The first-order valence-electron chi connectivity index (χ1n) is 9.32. The van der Waals surface area contributed by atoms with Crippen LogP contribution in [0, 0.1) is 13.8 Å². The Kier molecular flexibility index (Phi) is 5.82. The third kappa shape index (κ3) is 5.01. The van der Waals surface area contributed by atoms with Crippen molar-refractivity contribution in [3.63, 3.8) is 0 Å². The van der Waals surface area contributed by atoms with Gasteiger partial charge in [-0.3, -0.25) is 4.79 Å². The lowest BCUT2D eigenvalue weighted by Crippen LogP contribution is -2.30. The lowest BCUT2D eigenvalue weighted by atomic mass is 10.1. The molecule has 1 aliphatic carbocycles. The maximum absolute atomic E-state index is 12.4. The van der Waals surface area contributed by atoms with E-state index in [0.717, 1.165) is 35.4 Å². The highest BCUT2D eigenvalue weighted by molar-refractivity contribution is 5.94. The number of carbonyl (C=O) groups is 1. The van der Waals surface area contributed by atoms with Crippen LogP contribution in [0.4, 0.5) is 5.69 Å². The minimum Gasteiger partial charge on any atom is -0.490 e. The van der Waals surface area contributed by atoms with Gasteiger partial charge in [0.05, 0.1) is 6.10 Å². The van der Waals surface area contributed by atoms with E-state index in [0.29, 0.717) is 11.9 Å². The number of anilines is 1. The summed E-state index contributed by atoms with van der Waals surface area (Å²) in [5.41, 5.74) is 2.97. The van der Waals surface area contributed by atoms with Crippen LogP contribution in [0.1, 0.15) is 43.7 Å². The third-order valence-corrected chi connectivity index (χ3v) is 4.60. The number of hydrogen-bond acceptors (Lipinski definition) is 3. The smallest absolute Gasteiger partial charge is 0.265 e. The highest BCUT2D eigenvalue weighted by Crippen LogP contribution is 2.25. The summed E-state index contributed by atoms with van der Waals surface area (Å²) in [6.45, 7) is 5.78. The number of aryl methyl sites for hydroxylation is 2. The SMILES string of the molecule is Cc1cc(C)cc(OC(C)C(=O)Nc2ccc(OC3CCCC3)cc2)c1. The minimum absolute atomic E-state index is 0.173. The van der Waals surface area contributed by atoms with Crippen LogP contribution in [0.15, 0.2) is 42.5 Å². The van der Waals surface area contributed by atoms with Gasteiger partial charge in [0.1, 0.15) is 11.5 Å². The molecule has 0 aliphatic heterocycles. The summed E-state index contributed by atoms with van der Waals surface area (Å²) in [4.78, 5) is 12.4. The van der Waals surface area contributed by atoms with E-state index in [9.17, 15) is 4.79 Å². The molecule has 1 unspecified atom stereocenters. The van der Waals surface area contributed by atoms with Crippen molar-refractivity contribution in [3.8, 4) is 11.5 Å². The average Bonchev–Trinajstić information content (AvgIpc) is 3.08. The molecule has 1 aliphatic rings. The normalized spacial score (nSPS) is 15.5. The summed E-state index contributed by atoms with van der Waals surface area (Å²) in [7, 11) is 0. The number of nitrogens with one attached hydrogen (secondary N) is 1. The Morgan fingerprint density at radius 1 is 1.00 bits per heavy atom. The molecule has 0 spiro atoms. The van der Waals surface area contributed by atoms with E-state index in [1.165, 1.54) is 12.8 Å². The topological polar surface area (TPSA) is 47.6 Å². The molecule has 1 amide bonds. The summed E-state index contributed by atoms with van der Waals surface area (Å²) in [6, 6.07) is 13.5. The van der Waals surface area contributed by atoms with Gasteiger partial charge in [-0.25, -0.2) is 0 Å². The Balaban J connectivity index is 1.54. The van der Waals surface area contributed by atoms with Crippen molar-refractivity contribution < 1.29 is 14.3 Å². The fourth-order valence-electron chi connectivity index (χ4n) is 3.32. The molecular formula is C22H27NO3. The van der Waals surface area contributed by atoms with E-state index in [-0.39, 0.29) is 5.91 Å². The number of ether oxygens (including phenoxy) is 2. The molecule has 1 saturated carbocycles. The largest absolute Gasteiger partial charge is 0.490 e. The Labute approximate surface area is 155 Å². The van der Waals surface area contributed by atoms with Crippen LogP contribution in [0.5, 0.6) is 11.5 Å². The summed E-state index contributed by atoms with van der Waals surface area (Å²) < 4.78 is 11.7. The maximum atomic E-state index is 12.4. The van der Waals surface area contributed by atoms with Crippen LogP contribution >= 0.6 is 0 Å². The molecule has 26 heavy (non-hydrogen) atoms. The zero-order chi connectivity index (χ0) is 18.5. The quantitative estimate of drug-likeness (QED) is 0.792. The molecule has 0 saturated heterocycles. The molecule has 3 rings (SSSR count). The average molecular weight is 353 g/mol. The number of benzene rings is 2. The van der Waals surface area contributed by atoms with Crippen molar-refractivity contribution in [2.45, 2.75) is 58.7 Å². The maximum Gasteiger partial charge on any atom is 0.265 e. The van der Waals surface area contributed by atoms with Crippen molar-refractivity contribution >= 4 is 11.6 Å². The molecule has 138 valence electrons. The molecule has 4 nitrogen and oxygen atoms in total. The van der Waals surface area contributed by atoms with Crippen LogP contribution in [-0.4, -0.2) is 18.1 Å². The molecule has 2 aromatic rings. The summed E-state index contributed by atoms with van der Waals surface area (Å²) >= 11 is 0. The van der Waals surface area contributed by atoms with Gasteiger partial charge in [0, 0.05) is 5.69 Å². The fourth-order valence-corrected chi connectivity index (χ4v) is 3.32. The Morgan fingerprint density at radius 3 is 2.23 bits per heavy atom. The van der Waals surface area contributed by atoms with Crippen molar-refractivity contribution in [1.82, 2.24) is 0 Å². The van der Waals surface area contributed by atoms with Gasteiger partial charge >= 0.3 is 0 Å². The number of amides is 1. The molecule has 4 heteroatoms. The number of rotatable bonds is 6. The van der Waals surface area contributed by atoms with E-state index in [1.807, 2.05) is 50.2 Å². The first-order valence-corrected chi connectivity index (χ1v) is 9.32. The van der Waals surface area contributed by atoms with Gasteiger partial charge in [-0.05, 0) is 94.0 Å². The summed E-state index contributed by atoms with van der Waals surface area (Å²) in [6.07, 6.45) is 4.51. The van der Waals surface area contributed by atoms with Gasteiger partial charge < -0.3 is 14.8 Å². The minimum atomic E-state index is -0.578. The summed E-state index contributed by atoms with van der Waals surface area (Å²) in [5.74, 6) is 1.40. The Bertz CT molecular complexity index is 728. The second kappa shape index (κ2) is 8.26. The molecule has 0 heterocycles. The second-order valence-corrected chi connectivity index (χ2v) is 7.12. The van der Waals surface area contributed by atoms with Crippen molar-refractivity contribution in [2.24, 2.45) is 0 Å². The summed E-state index contributed by atoms with van der Waals surface area (Å²) in [5, 5.41) is 2.89. The molecule has 1 fully saturated rings. The lowest BCUT2D eigenvalue weighted by Gasteiger charge is -2.16. The van der Waals surface area contributed by atoms with Crippen LogP contribution in [-0.2, 0) is 4.79 Å². The zero-order valence-electron chi connectivity index (χ0n) is 15.7. The van der Waals surface area contributed by atoms with Gasteiger partial charge in [-0.2, -0.15) is 0 Å². The fraction of sp³-hybridized carbons (Fsp3) is 0.409. The van der Waals surface area contributed by atoms with E-state index < -0.39 is 6.10 Å². The van der Waals surface area contributed by atoms with Gasteiger partial charge in [0.15, 0.2) is 6.10 Å². The number of hydrogen-bond donors (Lipinski definition) is 1. The van der Waals surface area contributed by atoms with Crippen molar-refractivity contribution in [3.05, 3.63) is 53.6 Å². The van der Waals surface area contributed by atoms with Crippen LogP contribution < -0.4 is 14.8 Å². The Hall–Kier alpha value is -2.49. The number of carbonyl (C=O) groups excluding carboxylic acids is 1. The standard InChI is InChI=1S/C22H27NO3/c1-15-12-16(2)14-21(13-15)25-17(3)22(24)23-18-8-10-20(11-9-18)26-19-6-4-5-7-19/h8-14,17,19H,4-7H2,1-3H3,(H,23,24). The predicted octanol–water partition coefficient (Wildman–Crippen LogP) is 5.03. The molecule has 0 radical (unpaired) electrons. The first-order chi connectivity index (χ1) is 12.5. The second-order valence-electron chi connectivity index (χ2n) is 7.12. The van der Waals surface area contributed by atoms with Gasteiger partial charge in [-0.15, -0.1) is 0 Å². The molecule has 0 bridgehead atoms. The van der Waals surface area contributed by atoms with Gasteiger partial charge in [-0.1, -0.05) is 6.07 Å². The van der Waals surface area contributed by atoms with E-state index in [4.69, 9.17) is 9.47 Å². The van der Waals surface area contributed by atoms with E-state index >= 15 is 0 Å². The zero-order valence-corrected chi connectivity index (χ0v) is 15.7. The molecule has 0 aromatic heterocycles. The highest BCUT2D eigenvalue weighted by atomic mass is 16.5. The van der Waals surface area contributed by atoms with Crippen LogP contribution in [0.3, 0.4) is 0 Å². The van der Waals surface area contributed by atoms with Gasteiger partial charge in [0.25, 0.3) is 5.91 Å². The molecule has 2 aromatic carbocycles. The molecule has 1 atom stereocenters. The molecule has 1 N–H and O–H groups in total. The van der Waals surface area contributed by atoms with Crippen molar-refractivity contribution in [2.75, 3.05) is 5.32 Å².